The molecule has 1 fully saturated rings. The molecule has 0 aromatic heterocycles. The number of benzene rings is 2. The van der Waals surface area contributed by atoms with Crippen LogP contribution in [0.25, 0.3) is 0 Å². The number of hydrogen-bond donors (Lipinski definition) is 0. The monoisotopic (exact) mass is 421 g/mol. The molecule has 0 bridgehead atoms. The molecule has 1 atom stereocenters. The molecule has 6 nitrogen and oxygen atoms in total. The van der Waals surface area contributed by atoms with Gasteiger partial charge in [-0.3, -0.25) is 14.6 Å². The zero-order valence-electron chi connectivity index (χ0n) is 17.0. The number of ether oxygens (including phenoxy) is 2. The van der Waals surface area contributed by atoms with Crippen LogP contribution in [0.15, 0.2) is 59.1 Å². The highest BCUT2D eigenvalue weighted by Gasteiger charge is 2.37. The largest absolute Gasteiger partial charge is 0.493 e. The van der Waals surface area contributed by atoms with E-state index in [2.05, 4.69) is 11.0 Å². The molecule has 0 radical (unpaired) electrons. The number of thioether (sulfide) groups is 1. The van der Waals surface area contributed by atoms with Crippen molar-refractivity contribution in [2.45, 2.75) is 18.9 Å². The highest BCUT2D eigenvalue weighted by Crippen LogP contribution is 2.43. The minimum absolute atomic E-state index is 0.0384. The number of hydrogen-bond acceptors (Lipinski definition) is 6. The fourth-order valence-corrected chi connectivity index (χ4v) is 4.80. The molecule has 1 saturated heterocycles. The van der Waals surface area contributed by atoms with Crippen molar-refractivity contribution in [3.63, 3.8) is 0 Å². The summed E-state index contributed by atoms with van der Waals surface area (Å²) < 4.78 is 11.5. The average Bonchev–Trinajstić information content (AvgIpc) is 2.78. The highest BCUT2D eigenvalue weighted by molar-refractivity contribution is 8.03. The first kappa shape index (κ1) is 20.3. The molecule has 30 heavy (non-hydrogen) atoms. The van der Waals surface area contributed by atoms with Gasteiger partial charge in [0.1, 0.15) is 6.61 Å². The molecule has 2 aliphatic heterocycles. The van der Waals surface area contributed by atoms with E-state index in [-0.39, 0.29) is 18.2 Å². The number of carbonyl (C=O) groups is 1. The normalized spacial score (nSPS) is 19.3. The van der Waals surface area contributed by atoms with Crippen molar-refractivity contribution in [2.24, 2.45) is 0 Å². The molecule has 0 spiro atoms. The maximum absolute atomic E-state index is 12.8. The second kappa shape index (κ2) is 8.82. The van der Waals surface area contributed by atoms with Crippen molar-refractivity contribution in [1.82, 2.24) is 9.80 Å². The Kier molecular flexibility index (Phi) is 5.98. The predicted octanol–water partition coefficient (Wildman–Crippen LogP) is 3.92. The summed E-state index contributed by atoms with van der Waals surface area (Å²) in [4.78, 5) is 16.6. The van der Waals surface area contributed by atoms with Crippen molar-refractivity contribution in [2.75, 3.05) is 26.7 Å². The third kappa shape index (κ3) is 4.02. The lowest BCUT2D eigenvalue weighted by molar-refractivity contribution is -0.131. The van der Waals surface area contributed by atoms with Crippen LogP contribution in [-0.2, 0) is 11.4 Å². The predicted molar refractivity (Wildman–Crippen MR) is 116 cm³/mol. The Labute approximate surface area is 180 Å². The van der Waals surface area contributed by atoms with Gasteiger partial charge in [0.15, 0.2) is 11.5 Å². The zero-order valence-corrected chi connectivity index (χ0v) is 17.8. The second-order valence-electron chi connectivity index (χ2n) is 7.36. The fraction of sp³-hybridized carbons (Fsp3) is 0.304. The quantitative estimate of drug-likeness (QED) is 0.729. The maximum Gasteiger partial charge on any atom is 0.229 e. The van der Waals surface area contributed by atoms with Crippen LogP contribution in [0.1, 0.15) is 23.5 Å². The summed E-state index contributed by atoms with van der Waals surface area (Å²) in [5, 5.41) is 10.7. The van der Waals surface area contributed by atoms with Gasteiger partial charge in [-0.05, 0) is 30.3 Å². The number of nitrogens with zero attached hydrogens (tertiary/aromatic N) is 3. The molecule has 0 unspecified atom stereocenters. The average molecular weight is 422 g/mol. The van der Waals surface area contributed by atoms with Gasteiger partial charge in [-0.1, -0.05) is 48.2 Å². The standard InChI is InChI=1S/C23H23N3O3S/c1-25-14-26-22(27)11-18(19(12-24)23(26)30-15-25)17-8-9-20(21(10-17)28-2)29-13-16-6-4-3-5-7-16/h3-10,18H,11,13-15H2,1-2H3/t18-/m0/s1. The van der Waals surface area contributed by atoms with Gasteiger partial charge in [0.05, 0.1) is 36.3 Å². The first-order chi connectivity index (χ1) is 14.6. The third-order valence-corrected chi connectivity index (χ3v) is 6.54. The molecular weight excluding hydrogens is 398 g/mol. The topological polar surface area (TPSA) is 65.8 Å². The van der Waals surface area contributed by atoms with Crippen LogP contribution < -0.4 is 9.47 Å². The highest BCUT2D eigenvalue weighted by atomic mass is 32.2. The Morgan fingerprint density at radius 2 is 2.00 bits per heavy atom. The number of amides is 1. The van der Waals surface area contributed by atoms with E-state index in [9.17, 15) is 10.1 Å². The minimum atomic E-state index is -0.276. The summed E-state index contributed by atoms with van der Waals surface area (Å²) in [7, 11) is 3.56. The Bertz CT molecular complexity index is 1020. The molecule has 2 heterocycles. The van der Waals surface area contributed by atoms with Crippen molar-refractivity contribution in [3.8, 4) is 17.6 Å². The lowest BCUT2D eigenvalue weighted by Crippen LogP contribution is -2.45. The zero-order chi connectivity index (χ0) is 21.1. The third-order valence-electron chi connectivity index (χ3n) is 5.26. The molecule has 0 aliphatic carbocycles. The number of allylic oxidation sites excluding steroid dienone is 1. The van der Waals surface area contributed by atoms with Crippen molar-refractivity contribution in [3.05, 3.63) is 70.3 Å². The summed E-state index contributed by atoms with van der Waals surface area (Å²) in [5.41, 5.74) is 2.60. The molecule has 1 amide bonds. The fourth-order valence-electron chi connectivity index (χ4n) is 3.71. The summed E-state index contributed by atoms with van der Waals surface area (Å²) in [6, 6.07) is 17.9. The van der Waals surface area contributed by atoms with E-state index in [0.717, 1.165) is 22.0 Å². The Morgan fingerprint density at radius 1 is 1.20 bits per heavy atom. The minimum Gasteiger partial charge on any atom is -0.493 e. The Hall–Kier alpha value is -2.95. The van der Waals surface area contributed by atoms with E-state index >= 15 is 0 Å². The maximum atomic E-state index is 12.8. The number of methoxy groups -OCH3 is 1. The van der Waals surface area contributed by atoms with Crippen LogP contribution in [0.4, 0.5) is 0 Å². The van der Waals surface area contributed by atoms with Crippen LogP contribution in [0, 0.1) is 11.3 Å². The van der Waals surface area contributed by atoms with E-state index < -0.39 is 0 Å². The van der Waals surface area contributed by atoms with Gasteiger partial charge >= 0.3 is 0 Å². The van der Waals surface area contributed by atoms with Gasteiger partial charge in [-0.15, -0.1) is 0 Å². The van der Waals surface area contributed by atoms with E-state index in [0.29, 0.717) is 30.3 Å². The molecule has 7 heteroatoms. The summed E-state index contributed by atoms with van der Waals surface area (Å²) in [6.45, 7) is 0.958. The van der Waals surface area contributed by atoms with Gasteiger partial charge in [0.25, 0.3) is 0 Å². The molecule has 154 valence electrons. The van der Waals surface area contributed by atoms with Crippen molar-refractivity contribution < 1.29 is 14.3 Å². The van der Waals surface area contributed by atoms with E-state index in [1.807, 2.05) is 55.6 Å². The number of nitriles is 1. The first-order valence-electron chi connectivity index (χ1n) is 9.71. The summed E-state index contributed by atoms with van der Waals surface area (Å²) in [6.07, 6.45) is 0.272. The van der Waals surface area contributed by atoms with E-state index in [1.54, 1.807) is 23.8 Å². The Morgan fingerprint density at radius 3 is 2.73 bits per heavy atom. The number of rotatable bonds is 5. The van der Waals surface area contributed by atoms with E-state index in [1.165, 1.54) is 0 Å². The van der Waals surface area contributed by atoms with Crippen LogP contribution in [0.5, 0.6) is 11.5 Å². The molecule has 0 saturated carbocycles. The Balaban J connectivity index is 1.61. The van der Waals surface area contributed by atoms with Gasteiger partial charge < -0.3 is 9.47 Å². The van der Waals surface area contributed by atoms with Gasteiger partial charge in [-0.2, -0.15) is 5.26 Å². The van der Waals surface area contributed by atoms with Crippen LogP contribution in [-0.4, -0.2) is 42.4 Å². The first-order valence-corrected chi connectivity index (χ1v) is 10.7. The van der Waals surface area contributed by atoms with Crippen LogP contribution in [0.3, 0.4) is 0 Å². The van der Waals surface area contributed by atoms with E-state index in [4.69, 9.17) is 9.47 Å². The number of carbonyl (C=O) groups excluding carboxylic acids is 1. The molecular formula is C23H23N3O3S. The van der Waals surface area contributed by atoms with Gasteiger partial charge in [0, 0.05) is 12.3 Å². The molecule has 2 aromatic rings. The smallest absolute Gasteiger partial charge is 0.229 e. The SMILES string of the molecule is COc1cc([C@@H]2CC(=O)N3CN(C)CSC3=C2C#N)ccc1OCc1ccccc1. The van der Waals surface area contributed by atoms with Gasteiger partial charge in [-0.25, -0.2) is 0 Å². The molecule has 4 rings (SSSR count). The lowest BCUT2D eigenvalue weighted by atomic mass is 9.86. The number of fused-ring (bicyclic) bond motifs is 1. The van der Waals surface area contributed by atoms with Gasteiger partial charge in [0.2, 0.25) is 5.91 Å². The summed E-state index contributed by atoms with van der Waals surface area (Å²) in [5.74, 6) is 1.75. The van der Waals surface area contributed by atoms with Crippen molar-refractivity contribution >= 4 is 17.7 Å². The van der Waals surface area contributed by atoms with Crippen LogP contribution in [0.2, 0.25) is 0 Å². The molecule has 0 N–H and O–H groups in total. The summed E-state index contributed by atoms with van der Waals surface area (Å²) >= 11 is 1.54. The van der Waals surface area contributed by atoms with Crippen molar-refractivity contribution in [1.29, 1.82) is 5.26 Å². The second-order valence-corrected chi connectivity index (χ2v) is 8.30. The molecule has 2 aliphatic rings. The van der Waals surface area contributed by atoms with Crippen LogP contribution >= 0.6 is 11.8 Å². The lowest BCUT2D eigenvalue weighted by Gasteiger charge is -2.40. The molecule has 2 aromatic carbocycles.